The number of hydrogen-bond donors (Lipinski definition) is 0. The zero-order chi connectivity index (χ0) is 33.0. The fraction of sp³-hybridized carbons (Fsp3) is 0. The van der Waals surface area contributed by atoms with Crippen LogP contribution in [0, 0.1) is 0 Å². The summed E-state index contributed by atoms with van der Waals surface area (Å²) in [6.45, 7) is 0. The van der Waals surface area contributed by atoms with Crippen LogP contribution in [0.5, 0.6) is 0 Å². The molecule has 0 aliphatic carbocycles. The van der Waals surface area contributed by atoms with Crippen molar-refractivity contribution >= 4 is 54.0 Å². The number of rotatable bonds is 4. The van der Waals surface area contributed by atoms with Crippen molar-refractivity contribution in [2.45, 2.75) is 0 Å². The fourth-order valence-electron chi connectivity index (χ4n) is 7.50. The molecule has 50 heavy (non-hydrogen) atoms. The lowest BCUT2D eigenvalue weighted by molar-refractivity contribution is 1.18. The highest BCUT2D eigenvalue weighted by Gasteiger charge is 2.18. The number of benzene rings is 8. The summed E-state index contributed by atoms with van der Waals surface area (Å²) in [5, 5.41) is 10.9. The molecule has 0 amide bonds. The summed E-state index contributed by atoms with van der Waals surface area (Å²) in [4.78, 5) is 15.6. The Morgan fingerprint density at radius 3 is 1.44 bits per heavy atom. The van der Waals surface area contributed by atoms with E-state index in [1.54, 1.807) is 0 Å². The zero-order valence-electron chi connectivity index (χ0n) is 27.1. The first-order valence-corrected chi connectivity index (χ1v) is 17.0. The predicted molar refractivity (Wildman–Crippen MR) is 209 cm³/mol. The second kappa shape index (κ2) is 11.5. The third kappa shape index (κ3) is 4.56. The fourth-order valence-corrected chi connectivity index (χ4v) is 7.50. The van der Waals surface area contributed by atoms with Crippen molar-refractivity contribution in [3.05, 3.63) is 176 Å². The molecule has 232 valence electrons. The second-order valence-electron chi connectivity index (χ2n) is 12.8. The predicted octanol–water partition coefficient (Wildman–Crippen LogP) is 12.3. The molecule has 2 heterocycles. The van der Waals surface area contributed by atoms with Crippen LogP contribution in [0.4, 0.5) is 0 Å². The Hall–Kier alpha value is -6.71. The van der Waals surface area contributed by atoms with Crippen LogP contribution in [0.2, 0.25) is 0 Å². The van der Waals surface area contributed by atoms with E-state index in [0.717, 1.165) is 50.2 Å². The minimum Gasteiger partial charge on any atom is -0.246 e. The zero-order valence-corrected chi connectivity index (χ0v) is 27.1. The summed E-state index contributed by atoms with van der Waals surface area (Å²) in [6, 6.07) is 61.9. The third-order valence-corrected chi connectivity index (χ3v) is 9.84. The summed E-state index contributed by atoms with van der Waals surface area (Å²) in [5.74, 6) is 0.692. The minimum atomic E-state index is 0.692. The lowest BCUT2D eigenvalue weighted by Gasteiger charge is -2.16. The summed E-state index contributed by atoms with van der Waals surface area (Å²) in [7, 11) is 0. The van der Waals surface area contributed by atoms with Gasteiger partial charge in [-0.2, -0.15) is 0 Å². The maximum atomic E-state index is 5.54. The van der Waals surface area contributed by atoms with Gasteiger partial charge in [-0.15, -0.1) is 0 Å². The molecule has 0 aliphatic heterocycles. The van der Waals surface area contributed by atoms with Crippen molar-refractivity contribution in [3.8, 4) is 45.2 Å². The topological polar surface area (TPSA) is 38.7 Å². The maximum Gasteiger partial charge on any atom is 0.160 e. The van der Waals surface area contributed by atoms with E-state index in [1.807, 2.05) is 36.4 Å². The third-order valence-electron chi connectivity index (χ3n) is 9.84. The highest BCUT2D eigenvalue weighted by atomic mass is 14.9. The van der Waals surface area contributed by atoms with E-state index in [9.17, 15) is 0 Å². The van der Waals surface area contributed by atoms with E-state index in [2.05, 4.69) is 140 Å². The Labute approximate surface area is 289 Å². The molecule has 0 aliphatic rings. The van der Waals surface area contributed by atoms with Crippen LogP contribution in [-0.2, 0) is 0 Å². The molecular formula is C47H29N3. The average Bonchev–Trinajstić information content (AvgIpc) is 3.20. The number of aromatic nitrogens is 3. The van der Waals surface area contributed by atoms with Crippen LogP contribution in [0.25, 0.3) is 99.2 Å². The molecule has 3 nitrogen and oxygen atoms in total. The van der Waals surface area contributed by atoms with Crippen molar-refractivity contribution in [3.63, 3.8) is 0 Å². The molecule has 0 bridgehead atoms. The molecule has 0 saturated heterocycles. The van der Waals surface area contributed by atoms with Gasteiger partial charge < -0.3 is 0 Å². The summed E-state index contributed by atoms with van der Waals surface area (Å²) in [6.07, 6.45) is 0. The molecule has 3 heteroatoms. The molecule has 0 N–H and O–H groups in total. The van der Waals surface area contributed by atoms with Gasteiger partial charge in [-0.25, -0.2) is 15.0 Å². The van der Waals surface area contributed by atoms with Crippen LogP contribution in [0.3, 0.4) is 0 Å². The van der Waals surface area contributed by atoms with Crippen LogP contribution in [-0.4, -0.2) is 15.0 Å². The second-order valence-corrected chi connectivity index (χ2v) is 12.8. The molecule has 0 atom stereocenters. The van der Waals surface area contributed by atoms with Gasteiger partial charge in [0.1, 0.15) is 0 Å². The molecule has 2 aromatic heterocycles. The van der Waals surface area contributed by atoms with E-state index in [1.165, 1.54) is 43.1 Å². The first-order chi connectivity index (χ1) is 24.8. The number of hydrogen-bond acceptors (Lipinski definition) is 3. The van der Waals surface area contributed by atoms with Crippen molar-refractivity contribution in [1.29, 1.82) is 0 Å². The molecule has 0 radical (unpaired) electrons. The van der Waals surface area contributed by atoms with Crippen LogP contribution < -0.4 is 0 Å². The lowest BCUT2D eigenvalue weighted by Crippen LogP contribution is -1.96. The summed E-state index contributed by atoms with van der Waals surface area (Å²) >= 11 is 0. The van der Waals surface area contributed by atoms with Crippen molar-refractivity contribution in [2.75, 3.05) is 0 Å². The smallest absolute Gasteiger partial charge is 0.160 e. The molecular weight excluding hydrogens is 607 g/mol. The van der Waals surface area contributed by atoms with Crippen molar-refractivity contribution in [2.24, 2.45) is 0 Å². The monoisotopic (exact) mass is 635 g/mol. The molecule has 8 aromatic carbocycles. The molecule has 0 spiro atoms. The van der Waals surface area contributed by atoms with Gasteiger partial charge in [-0.1, -0.05) is 170 Å². The Kier molecular flexibility index (Phi) is 6.49. The largest absolute Gasteiger partial charge is 0.246 e. The molecule has 10 rings (SSSR count). The quantitative estimate of drug-likeness (QED) is 0.181. The Morgan fingerprint density at radius 1 is 0.300 bits per heavy atom. The molecule has 0 unspecified atom stereocenters. The molecule has 0 saturated carbocycles. The van der Waals surface area contributed by atoms with Crippen LogP contribution in [0.15, 0.2) is 176 Å². The van der Waals surface area contributed by atoms with Crippen molar-refractivity contribution < 1.29 is 0 Å². The Balaban J connectivity index is 1.19. The normalized spacial score (nSPS) is 11.6. The molecule has 0 fully saturated rings. The van der Waals surface area contributed by atoms with Crippen molar-refractivity contribution in [1.82, 2.24) is 15.0 Å². The lowest BCUT2D eigenvalue weighted by atomic mass is 9.90. The van der Waals surface area contributed by atoms with E-state index in [0.29, 0.717) is 5.82 Å². The van der Waals surface area contributed by atoms with Gasteiger partial charge in [0.2, 0.25) is 0 Å². The van der Waals surface area contributed by atoms with E-state index >= 15 is 0 Å². The van der Waals surface area contributed by atoms with Gasteiger partial charge in [0.25, 0.3) is 0 Å². The van der Waals surface area contributed by atoms with E-state index in [4.69, 9.17) is 15.0 Å². The highest BCUT2D eigenvalue weighted by molar-refractivity contribution is 6.35. The first-order valence-electron chi connectivity index (χ1n) is 17.0. The van der Waals surface area contributed by atoms with Gasteiger partial charge in [0.15, 0.2) is 5.82 Å². The summed E-state index contributed by atoms with van der Waals surface area (Å²) < 4.78 is 0. The minimum absolute atomic E-state index is 0.692. The van der Waals surface area contributed by atoms with Crippen LogP contribution >= 0.6 is 0 Å². The van der Waals surface area contributed by atoms with Crippen LogP contribution in [0.1, 0.15) is 0 Å². The maximum absolute atomic E-state index is 5.54. The van der Waals surface area contributed by atoms with Gasteiger partial charge in [0, 0.05) is 38.4 Å². The number of fused-ring (bicyclic) bond motifs is 10. The highest BCUT2D eigenvalue weighted by Crippen LogP contribution is 2.43. The standard InChI is InChI=1S/C47H29N3/c1-3-14-31(15-4-1)41-29-42(32-16-5-2-6-17-32)49-47(48-41)34-25-23-33(24-26-34)45-39-22-12-11-21-38(39)44-37-20-10-9-19-36(37)43-35-18-8-7-13-30(35)27-28-40(43)46(44)50-45/h1-29H. The van der Waals surface area contributed by atoms with Gasteiger partial charge in [-0.3, -0.25) is 0 Å². The van der Waals surface area contributed by atoms with E-state index in [-0.39, 0.29) is 0 Å². The Morgan fingerprint density at radius 2 is 0.800 bits per heavy atom. The Bertz CT molecular complexity index is 2840. The van der Waals surface area contributed by atoms with Gasteiger partial charge in [0.05, 0.1) is 22.6 Å². The first kappa shape index (κ1) is 28.3. The van der Waals surface area contributed by atoms with Gasteiger partial charge >= 0.3 is 0 Å². The summed E-state index contributed by atoms with van der Waals surface area (Å²) in [5.41, 5.74) is 7.91. The number of pyridine rings is 1. The number of nitrogens with zero attached hydrogens (tertiary/aromatic N) is 3. The molecule has 10 aromatic rings. The average molecular weight is 636 g/mol. The van der Waals surface area contributed by atoms with E-state index < -0.39 is 0 Å². The SMILES string of the molecule is c1ccc(-c2cc(-c3ccccc3)nc(-c3ccc(-c4nc5c6ccc7ccccc7c6c6ccccc6c5c5ccccc45)cc3)n2)cc1. The van der Waals surface area contributed by atoms with Gasteiger partial charge in [-0.05, 0) is 38.4 Å².